The minimum atomic E-state index is -3.35. The Balaban J connectivity index is 2.97. The number of hydrazine groups is 1. The summed E-state index contributed by atoms with van der Waals surface area (Å²) >= 11 is 0. The molecule has 4 N–H and O–H groups in total. The molecule has 5 nitrogen and oxygen atoms in total. The van der Waals surface area contributed by atoms with Crippen molar-refractivity contribution in [2.45, 2.75) is 11.8 Å². The molecule has 6 heteroatoms. The fourth-order valence-corrected chi connectivity index (χ4v) is 2.04. The van der Waals surface area contributed by atoms with Crippen molar-refractivity contribution in [2.75, 3.05) is 12.0 Å². The summed E-state index contributed by atoms with van der Waals surface area (Å²) in [6.07, 6.45) is 0. The number of hydrogen-bond donors (Lipinski definition) is 3. The molecule has 0 aliphatic rings. The van der Waals surface area contributed by atoms with Gasteiger partial charge in [-0.05, 0) is 24.3 Å². The van der Waals surface area contributed by atoms with Crippen molar-refractivity contribution in [1.82, 2.24) is 4.72 Å². The summed E-state index contributed by atoms with van der Waals surface area (Å²) in [7, 11) is -3.35. The molecule has 0 amide bonds. The molecular formula is C8H13N3O2S. The largest absolute Gasteiger partial charge is 0.324 e. The fraction of sp³-hybridized carbons (Fsp3) is 0.250. The minimum Gasteiger partial charge on any atom is -0.324 e. The zero-order chi connectivity index (χ0) is 10.6. The molecule has 0 aliphatic heterocycles. The Labute approximate surface area is 83.3 Å². The molecule has 0 heterocycles. The van der Waals surface area contributed by atoms with E-state index in [1.807, 2.05) is 0 Å². The van der Waals surface area contributed by atoms with Crippen LogP contribution in [0.15, 0.2) is 29.2 Å². The van der Waals surface area contributed by atoms with Gasteiger partial charge in [0.05, 0.1) is 4.90 Å². The van der Waals surface area contributed by atoms with Gasteiger partial charge >= 0.3 is 0 Å². The highest BCUT2D eigenvalue weighted by molar-refractivity contribution is 7.89. The Morgan fingerprint density at radius 2 is 1.86 bits per heavy atom. The summed E-state index contributed by atoms with van der Waals surface area (Å²) in [5, 5.41) is 0. The van der Waals surface area contributed by atoms with Gasteiger partial charge in [0.1, 0.15) is 0 Å². The lowest BCUT2D eigenvalue weighted by Gasteiger charge is -2.05. The molecule has 0 saturated carbocycles. The molecule has 1 aromatic rings. The number of benzene rings is 1. The van der Waals surface area contributed by atoms with Crippen LogP contribution in [0, 0.1) is 0 Å². The number of nitrogen functional groups attached to an aromatic ring is 1. The SMILES string of the molecule is CCNS(=O)(=O)c1ccc(NN)cc1. The third-order valence-corrected chi connectivity index (χ3v) is 3.23. The molecule has 0 bridgehead atoms. The Bertz CT molecular complexity index is 386. The first-order valence-electron chi connectivity index (χ1n) is 4.16. The summed E-state index contributed by atoms with van der Waals surface area (Å²) in [4.78, 5) is 0.235. The lowest BCUT2D eigenvalue weighted by molar-refractivity contribution is 0.584. The van der Waals surface area contributed by atoms with Gasteiger partial charge in [-0.1, -0.05) is 6.92 Å². The van der Waals surface area contributed by atoms with Crippen molar-refractivity contribution in [3.8, 4) is 0 Å². The first-order valence-corrected chi connectivity index (χ1v) is 5.65. The van der Waals surface area contributed by atoms with Crippen LogP contribution in [0.4, 0.5) is 5.69 Å². The summed E-state index contributed by atoms with van der Waals surface area (Å²) in [5.74, 6) is 5.15. The third kappa shape index (κ3) is 2.44. The van der Waals surface area contributed by atoms with E-state index in [9.17, 15) is 8.42 Å². The van der Waals surface area contributed by atoms with Crippen molar-refractivity contribution in [3.63, 3.8) is 0 Å². The number of anilines is 1. The second-order valence-electron chi connectivity index (χ2n) is 2.67. The molecule has 0 saturated heterocycles. The van der Waals surface area contributed by atoms with Crippen LogP contribution in [0.25, 0.3) is 0 Å². The van der Waals surface area contributed by atoms with Crippen molar-refractivity contribution in [1.29, 1.82) is 0 Å². The van der Waals surface area contributed by atoms with E-state index in [1.54, 1.807) is 19.1 Å². The van der Waals surface area contributed by atoms with Gasteiger partial charge in [-0.2, -0.15) is 0 Å². The fourth-order valence-electron chi connectivity index (χ4n) is 1.00. The molecule has 0 aromatic heterocycles. The minimum absolute atomic E-state index is 0.235. The van der Waals surface area contributed by atoms with Gasteiger partial charge < -0.3 is 5.43 Å². The summed E-state index contributed by atoms with van der Waals surface area (Å²) in [5.41, 5.74) is 3.09. The second kappa shape index (κ2) is 4.41. The van der Waals surface area contributed by atoms with Crippen LogP contribution in [0.1, 0.15) is 6.92 Å². The smallest absolute Gasteiger partial charge is 0.240 e. The van der Waals surface area contributed by atoms with Crippen LogP contribution in [0.3, 0.4) is 0 Å². The highest BCUT2D eigenvalue weighted by Gasteiger charge is 2.11. The molecule has 0 aliphatic carbocycles. The molecule has 1 rings (SSSR count). The molecule has 0 unspecified atom stereocenters. The second-order valence-corrected chi connectivity index (χ2v) is 4.44. The number of rotatable bonds is 4. The van der Waals surface area contributed by atoms with Gasteiger partial charge in [0.25, 0.3) is 0 Å². The molecule has 0 fully saturated rings. The zero-order valence-electron chi connectivity index (χ0n) is 7.82. The summed E-state index contributed by atoms with van der Waals surface area (Å²) in [6, 6.07) is 6.19. The number of sulfonamides is 1. The Kier molecular flexibility index (Phi) is 3.45. The van der Waals surface area contributed by atoms with Crippen LogP contribution >= 0.6 is 0 Å². The molecule has 0 atom stereocenters. The predicted octanol–water partition coefficient (Wildman–Crippen LogP) is 0.270. The highest BCUT2D eigenvalue weighted by Crippen LogP contribution is 2.12. The number of hydrogen-bond acceptors (Lipinski definition) is 4. The van der Waals surface area contributed by atoms with Gasteiger partial charge in [0.2, 0.25) is 10.0 Å². The van der Waals surface area contributed by atoms with E-state index < -0.39 is 10.0 Å². The standard InChI is InChI=1S/C8H13N3O2S/c1-2-10-14(12,13)8-5-3-7(11-9)4-6-8/h3-6,10-11H,2,9H2,1H3. The van der Waals surface area contributed by atoms with E-state index >= 15 is 0 Å². The van der Waals surface area contributed by atoms with Gasteiger partial charge in [-0.3, -0.25) is 5.84 Å². The van der Waals surface area contributed by atoms with E-state index in [0.29, 0.717) is 12.2 Å². The Hall–Kier alpha value is -1.11. The molecule has 0 spiro atoms. The normalized spacial score (nSPS) is 11.3. The van der Waals surface area contributed by atoms with E-state index in [4.69, 9.17) is 5.84 Å². The van der Waals surface area contributed by atoms with Crippen molar-refractivity contribution in [2.24, 2.45) is 5.84 Å². The molecule has 78 valence electrons. The lowest BCUT2D eigenvalue weighted by atomic mass is 10.3. The van der Waals surface area contributed by atoms with Gasteiger partial charge in [0, 0.05) is 12.2 Å². The average molecular weight is 215 g/mol. The topological polar surface area (TPSA) is 84.2 Å². The third-order valence-electron chi connectivity index (χ3n) is 1.67. The zero-order valence-corrected chi connectivity index (χ0v) is 8.64. The lowest BCUT2D eigenvalue weighted by Crippen LogP contribution is -2.23. The first-order chi connectivity index (χ1) is 6.60. The van der Waals surface area contributed by atoms with Crippen LogP contribution in [-0.2, 0) is 10.0 Å². The monoisotopic (exact) mass is 215 g/mol. The van der Waals surface area contributed by atoms with E-state index in [1.165, 1.54) is 12.1 Å². The van der Waals surface area contributed by atoms with Crippen molar-refractivity contribution in [3.05, 3.63) is 24.3 Å². The van der Waals surface area contributed by atoms with Crippen molar-refractivity contribution < 1.29 is 8.42 Å². The Morgan fingerprint density at radius 3 is 2.29 bits per heavy atom. The van der Waals surface area contributed by atoms with Gasteiger partial charge in [-0.15, -0.1) is 0 Å². The maximum Gasteiger partial charge on any atom is 0.240 e. The summed E-state index contributed by atoms with van der Waals surface area (Å²) < 4.78 is 25.3. The van der Waals surface area contributed by atoms with Gasteiger partial charge in [0.15, 0.2) is 0 Å². The summed E-state index contributed by atoms with van der Waals surface area (Å²) in [6.45, 7) is 2.10. The maximum atomic E-state index is 11.5. The predicted molar refractivity (Wildman–Crippen MR) is 55.1 cm³/mol. The van der Waals surface area contributed by atoms with Crippen molar-refractivity contribution >= 4 is 15.7 Å². The van der Waals surface area contributed by atoms with Gasteiger partial charge in [-0.25, -0.2) is 13.1 Å². The molecular weight excluding hydrogens is 202 g/mol. The van der Waals surface area contributed by atoms with Crippen LogP contribution in [-0.4, -0.2) is 15.0 Å². The number of nitrogens with two attached hydrogens (primary N) is 1. The molecule has 1 aromatic carbocycles. The van der Waals surface area contributed by atoms with Crippen LogP contribution in [0.2, 0.25) is 0 Å². The van der Waals surface area contributed by atoms with E-state index in [-0.39, 0.29) is 4.90 Å². The Morgan fingerprint density at radius 1 is 1.29 bits per heavy atom. The quantitative estimate of drug-likeness (QED) is 0.497. The van der Waals surface area contributed by atoms with E-state index in [0.717, 1.165) is 0 Å². The van der Waals surface area contributed by atoms with E-state index in [2.05, 4.69) is 10.1 Å². The number of nitrogens with one attached hydrogen (secondary N) is 2. The molecule has 14 heavy (non-hydrogen) atoms. The van der Waals surface area contributed by atoms with Crippen LogP contribution in [0.5, 0.6) is 0 Å². The first kappa shape index (κ1) is 11.0. The maximum absolute atomic E-state index is 11.5. The van der Waals surface area contributed by atoms with Crippen LogP contribution < -0.4 is 16.0 Å². The molecule has 0 radical (unpaired) electrons. The highest BCUT2D eigenvalue weighted by atomic mass is 32.2. The average Bonchev–Trinajstić information content (AvgIpc) is 2.18.